The molecule has 1 aromatic carbocycles. The minimum Gasteiger partial charge on any atom is -0.309 e. The van der Waals surface area contributed by atoms with E-state index in [1.807, 2.05) is 6.92 Å². The summed E-state index contributed by atoms with van der Waals surface area (Å²) < 4.78 is 36.4. The Bertz CT molecular complexity index is 384. The summed E-state index contributed by atoms with van der Waals surface area (Å²) in [4.78, 5) is 0. The van der Waals surface area contributed by atoms with Gasteiger partial charge in [-0.3, -0.25) is 4.21 Å². The van der Waals surface area contributed by atoms with E-state index in [0.29, 0.717) is 17.9 Å². The maximum absolute atomic E-state index is 12.9. The highest BCUT2D eigenvalue weighted by atomic mass is 32.2. The number of halogens is 2. The molecule has 0 amide bonds. The molecule has 0 bridgehead atoms. The molecule has 1 rings (SSSR count). The van der Waals surface area contributed by atoms with Crippen molar-refractivity contribution in [1.82, 2.24) is 5.32 Å². The lowest BCUT2D eigenvalue weighted by Crippen LogP contribution is -2.23. The smallest absolute Gasteiger partial charge is 0.159 e. The van der Waals surface area contributed by atoms with E-state index in [0.717, 1.165) is 6.07 Å². The summed E-state index contributed by atoms with van der Waals surface area (Å²) in [6, 6.07) is 3.74. The Labute approximate surface area is 96.5 Å². The van der Waals surface area contributed by atoms with Gasteiger partial charge in [0.1, 0.15) is 0 Å². The zero-order valence-corrected chi connectivity index (χ0v) is 10.1. The van der Waals surface area contributed by atoms with Crippen LogP contribution >= 0.6 is 0 Å². The van der Waals surface area contributed by atoms with Crippen molar-refractivity contribution >= 4 is 10.8 Å². The zero-order valence-electron chi connectivity index (χ0n) is 9.30. The van der Waals surface area contributed by atoms with Gasteiger partial charge >= 0.3 is 0 Å². The Morgan fingerprint density at radius 1 is 1.38 bits per heavy atom. The van der Waals surface area contributed by atoms with Crippen LogP contribution in [0.3, 0.4) is 0 Å². The average molecular weight is 247 g/mol. The predicted octanol–water partition coefficient (Wildman–Crippen LogP) is 1.99. The Morgan fingerprint density at radius 2 is 2.06 bits per heavy atom. The van der Waals surface area contributed by atoms with Crippen LogP contribution in [0.25, 0.3) is 0 Å². The van der Waals surface area contributed by atoms with Gasteiger partial charge < -0.3 is 5.32 Å². The maximum atomic E-state index is 12.9. The third-order valence-corrected chi connectivity index (χ3v) is 3.06. The van der Waals surface area contributed by atoms with Crippen LogP contribution in [-0.4, -0.2) is 22.8 Å². The fourth-order valence-corrected chi connectivity index (χ4v) is 1.72. The predicted molar refractivity (Wildman–Crippen MR) is 61.7 cm³/mol. The van der Waals surface area contributed by atoms with Gasteiger partial charge in [-0.1, -0.05) is 6.07 Å². The van der Waals surface area contributed by atoms with Crippen LogP contribution < -0.4 is 5.32 Å². The number of hydrogen-bond acceptors (Lipinski definition) is 2. The van der Waals surface area contributed by atoms with Crippen molar-refractivity contribution in [3.05, 3.63) is 35.4 Å². The van der Waals surface area contributed by atoms with Crippen LogP contribution in [0.5, 0.6) is 0 Å². The van der Waals surface area contributed by atoms with Gasteiger partial charge in [-0.2, -0.15) is 0 Å². The van der Waals surface area contributed by atoms with Crippen LogP contribution in [0.15, 0.2) is 18.2 Å². The zero-order chi connectivity index (χ0) is 12.1. The second kappa shape index (κ2) is 6.06. The highest BCUT2D eigenvalue weighted by Gasteiger charge is 2.08. The summed E-state index contributed by atoms with van der Waals surface area (Å²) in [5.74, 6) is -1.13. The molecule has 0 spiro atoms. The van der Waals surface area contributed by atoms with Gasteiger partial charge in [0.25, 0.3) is 0 Å². The van der Waals surface area contributed by atoms with E-state index in [2.05, 4.69) is 5.32 Å². The first kappa shape index (κ1) is 13.3. The second-order valence-corrected chi connectivity index (χ2v) is 5.18. The molecular weight excluding hydrogens is 232 g/mol. The van der Waals surface area contributed by atoms with Crippen molar-refractivity contribution in [3.63, 3.8) is 0 Å². The van der Waals surface area contributed by atoms with Crippen molar-refractivity contribution < 1.29 is 13.0 Å². The first-order valence-electron chi connectivity index (χ1n) is 4.99. The SMILES string of the molecule is CC(NCCS(C)=O)c1ccc(F)c(F)c1. The molecule has 2 nitrogen and oxygen atoms in total. The minimum absolute atomic E-state index is 0.0846. The van der Waals surface area contributed by atoms with Crippen molar-refractivity contribution in [2.45, 2.75) is 13.0 Å². The molecule has 0 aliphatic heterocycles. The number of rotatable bonds is 5. The summed E-state index contributed by atoms with van der Waals surface area (Å²) >= 11 is 0. The monoisotopic (exact) mass is 247 g/mol. The van der Waals surface area contributed by atoms with Crippen LogP contribution in [0.4, 0.5) is 8.78 Å². The molecule has 2 unspecified atom stereocenters. The van der Waals surface area contributed by atoms with Gasteiger partial charge in [0.2, 0.25) is 0 Å². The molecule has 0 saturated carbocycles. The summed E-state index contributed by atoms with van der Waals surface area (Å²) in [7, 11) is -0.843. The van der Waals surface area contributed by atoms with E-state index in [1.165, 1.54) is 6.07 Å². The summed E-state index contributed by atoms with van der Waals surface area (Å²) in [5.41, 5.74) is 0.681. The van der Waals surface area contributed by atoms with Crippen molar-refractivity contribution in [2.75, 3.05) is 18.6 Å². The Morgan fingerprint density at radius 3 is 2.62 bits per heavy atom. The minimum atomic E-state index is -0.843. The van der Waals surface area contributed by atoms with Gasteiger partial charge in [0, 0.05) is 35.4 Å². The molecule has 0 heterocycles. The van der Waals surface area contributed by atoms with E-state index in [4.69, 9.17) is 0 Å². The highest BCUT2D eigenvalue weighted by Crippen LogP contribution is 2.15. The molecule has 0 aliphatic rings. The van der Waals surface area contributed by atoms with Gasteiger partial charge in [0.15, 0.2) is 11.6 Å². The first-order valence-corrected chi connectivity index (χ1v) is 6.72. The normalized spacial score (nSPS) is 14.8. The quantitative estimate of drug-likeness (QED) is 0.862. The second-order valence-electron chi connectivity index (χ2n) is 3.63. The summed E-state index contributed by atoms with van der Waals surface area (Å²) in [5, 5.41) is 3.09. The van der Waals surface area contributed by atoms with Gasteiger partial charge in [-0.05, 0) is 24.6 Å². The molecule has 0 saturated heterocycles. The Hall–Kier alpha value is -0.810. The van der Waals surface area contributed by atoms with Crippen molar-refractivity contribution in [2.24, 2.45) is 0 Å². The Kier molecular flexibility index (Phi) is 5.02. The molecule has 2 atom stereocenters. The molecule has 0 radical (unpaired) electrons. The molecule has 90 valence electrons. The average Bonchev–Trinajstić information content (AvgIpc) is 2.21. The fourth-order valence-electron chi connectivity index (χ4n) is 1.32. The number of benzene rings is 1. The van der Waals surface area contributed by atoms with E-state index in [9.17, 15) is 13.0 Å². The van der Waals surface area contributed by atoms with Gasteiger partial charge in [0.05, 0.1) is 0 Å². The van der Waals surface area contributed by atoms with Crippen LogP contribution in [0, 0.1) is 11.6 Å². The van der Waals surface area contributed by atoms with Crippen LogP contribution in [-0.2, 0) is 10.8 Å². The lowest BCUT2D eigenvalue weighted by molar-refractivity contribution is 0.502. The third-order valence-electron chi connectivity index (χ3n) is 2.28. The highest BCUT2D eigenvalue weighted by molar-refractivity contribution is 7.84. The Balaban J connectivity index is 2.55. The molecule has 0 aliphatic carbocycles. The maximum Gasteiger partial charge on any atom is 0.159 e. The molecular formula is C11H15F2NOS. The fraction of sp³-hybridized carbons (Fsp3) is 0.455. The molecule has 16 heavy (non-hydrogen) atoms. The molecule has 0 aromatic heterocycles. The van der Waals surface area contributed by atoms with Gasteiger partial charge in [-0.25, -0.2) is 8.78 Å². The lowest BCUT2D eigenvalue weighted by Gasteiger charge is -2.13. The van der Waals surface area contributed by atoms with E-state index < -0.39 is 22.4 Å². The molecule has 1 aromatic rings. The van der Waals surface area contributed by atoms with Crippen LogP contribution in [0.1, 0.15) is 18.5 Å². The molecule has 5 heteroatoms. The standard InChI is InChI=1S/C11H15F2NOS/c1-8(14-5-6-16(2)15)9-3-4-10(12)11(13)7-9/h3-4,7-8,14H,5-6H2,1-2H3. The topological polar surface area (TPSA) is 29.1 Å². The largest absolute Gasteiger partial charge is 0.309 e. The molecule has 1 N–H and O–H groups in total. The third kappa shape index (κ3) is 3.98. The van der Waals surface area contributed by atoms with Crippen molar-refractivity contribution in [1.29, 1.82) is 0 Å². The lowest BCUT2D eigenvalue weighted by atomic mass is 10.1. The van der Waals surface area contributed by atoms with E-state index >= 15 is 0 Å². The summed E-state index contributed by atoms with van der Waals surface area (Å²) in [6.07, 6.45) is 1.63. The molecule has 0 fully saturated rings. The van der Waals surface area contributed by atoms with Crippen molar-refractivity contribution in [3.8, 4) is 0 Å². The summed E-state index contributed by atoms with van der Waals surface area (Å²) in [6.45, 7) is 2.44. The first-order chi connectivity index (χ1) is 7.50. The number of nitrogens with one attached hydrogen (secondary N) is 1. The van der Waals surface area contributed by atoms with E-state index in [-0.39, 0.29) is 6.04 Å². The van der Waals surface area contributed by atoms with Gasteiger partial charge in [-0.15, -0.1) is 0 Å². The van der Waals surface area contributed by atoms with E-state index in [1.54, 1.807) is 12.3 Å². The number of hydrogen-bond donors (Lipinski definition) is 1. The van der Waals surface area contributed by atoms with Crippen LogP contribution in [0.2, 0.25) is 0 Å².